The molecule has 1 aliphatic heterocycles. The number of ether oxygens (including phenoxy) is 3. The Labute approximate surface area is 203 Å². The smallest absolute Gasteiger partial charge is 0.507 e. The molecule has 1 aliphatic rings. The number of carbonyl (C=O) groups is 2. The third kappa shape index (κ3) is 4.67. The standard InChI is InChI=1S/C25H19F3N2O6/c1-34-18-11-6-14(13-19(18)35-2)22(31)20-21(17-5-3-4-12-29-17)30(24(33)23(20)32)15-7-9-16(10-8-15)36-25(26,27)28/h3-13,21,31H,1-2H3/b22-20-. The van der Waals surface area contributed by atoms with Crippen LogP contribution in [-0.2, 0) is 9.59 Å². The molecule has 11 heteroatoms. The van der Waals surface area contributed by atoms with Crippen LogP contribution < -0.4 is 19.1 Å². The number of aliphatic hydroxyl groups is 1. The number of benzene rings is 2. The lowest BCUT2D eigenvalue weighted by atomic mass is 9.98. The van der Waals surface area contributed by atoms with Gasteiger partial charge in [0.2, 0.25) is 0 Å². The number of nitrogens with zero attached hydrogens (tertiary/aromatic N) is 2. The van der Waals surface area contributed by atoms with Crippen LogP contribution in [0.2, 0.25) is 0 Å². The third-order valence-electron chi connectivity index (χ3n) is 5.42. The Morgan fingerprint density at radius 2 is 1.67 bits per heavy atom. The first kappa shape index (κ1) is 24.6. The molecule has 0 saturated carbocycles. The number of Topliss-reactive ketones (excluding diaryl/α,β-unsaturated/α-hetero) is 1. The molecule has 2 heterocycles. The first-order valence-electron chi connectivity index (χ1n) is 10.4. The van der Waals surface area contributed by atoms with Gasteiger partial charge in [-0.15, -0.1) is 13.2 Å². The van der Waals surface area contributed by atoms with E-state index in [1.807, 2.05) is 0 Å². The minimum atomic E-state index is -4.89. The summed E-state index contributed by atoms with van der Waals surface area (Å²) in [5.74, 6) is -2.29. The maximum atomic E-state index is 13.2. The van der Waals surface area contributed by atoms with Crippen LogP contribution in [0.4, 0.5) is 18.9 Å². The molecule has 1 amide bonds. The summed E-state index contributed by atoms with van der Waals surface area (Å²) >= 11 is 0. The van der Waals surface area contributed by atoms with Crippen molar-refractivity contribution in [1.82, 2.24) is 4.98 Å². The molecular formula is C25H19F3N2O6. The van der Waals surface area contributed by atoms with Crippen LogP contribution in [0.1, 0.15) is 17.3 Å². The van der Waals surface area contributed by atoms with Gasteiger partial charge in [0.1, 0.15) is 17.6 Å². The number of hydrogen-bond acceptors (Lipinski definition) is 7. The Kier molecular flexibility index (Phi) is 6.56. The molecule has 186 valence electrons. The first-order chi connectivity index (χ1) is 17.1. The fourth-order valence-corrected chi connectivity index (χ4v) is 3.86. The predicted octanol–water partition coefficient (Wildman–Crippen LogP) is 4.62. The second-order valence-corrected chi connectivity index (χ2v) is 7.54. The number of hydrogen-bond donors (Lipinski definition) is 1. The normalized spacial score (nSPS) is 17.2. The van der Waals surface area contributed by atoms with Crippen molar-refractivity contribution < 1.29 is 42.1 Å². The lowest BCUT2D eigenvalue weighted by molar-refractivity contribution is -0.274. The predicted molar refractivity (Wildman–Crippen MR) is 122 cm³/mol. The van der Waals surface area contributed by atoms with Crippen molar-refractivity contribution in [1.29, 1.82) is 0 Å². The zero-order valence-corrected chi connectivity index (χ0v) is 18.9. The van der Waals surface area contributed by atoms with Crippen LogP contribution in [0, 0.1) is 0 Å². The second kappa shape index (κ2) is 9.61. The van der Waals surface area contributed by atoms with Crippen LogP contribution in [0.5, 0.6) is 17.2 Å². The molecule has 4 rings (SSSR count). The molecule has 1 unspecified atom stereocenters. The number of anilines is 1. The molecular weight excluding hydrogens is 481 g/mol. The van der Waals surface area contributed by atoms with Gasteiger partial charge in [0.05, 0.1) is 25.5 Å². The van der Waals surface area contributed by atoms with Crippen molar-refractivity contribution in [3.63, 3.8) is 0 Å². The number of methoxy groups -OCH3 is 2. The number of carbonyl (C=O) groups excluding carboxylic acids is 2. The summed E-state index contributed by atoms with van der Waals surface area (Å²) in [5, 5.41) is 11.2. The zero-order chi connectivity index (χ0) is 26.0. The van der Waals surface area contributed by atoms with E-state index in [0.717, 1.165) is 17.0 Å². The summed E-state index contributed by atoms with van der Waals surface area (Å²) in [6.07, 6.45) is -3.44. The van der Waals surface area contributed by atoms with Gasteiger partial charge in [-0.3, -0.25) is 19.5 Å². The highest BCUT2D eigenvalue weighted by atomic mass is 19.4. The average Bonchev–Trinajstić information content (AvgIpc) is 3.13. The number of aliphatic hydroxyl groups excluding tert-OH is 1. The molecule has 1 N–H and O–H groups in total. The van der Waals surface area contributed by atoms with Gasteiger partial charge in [0, 0.05) is 17.4 Å². The van der Waals surface area contributed by atoms with Gasteiger partial charge in [-0.25, -0.2) is 0 Å². The Hall–Kier alpha value is -4.54. The molecule has 0 bridgehead atoms. The van der Waals surface area contributed by atoms with Gasteiger partial charge < -0.3 is 19.3 Å². The quantitative estimate of drug-likeness (QED) is 0.300. The fourth-order valence-electron chi connectivity index (χ4n) is 3.86. The van der Waals surface area contributed by atoms with E-state index in [2.05, 4.69) is 9.72 Å². The fraction of sp³-hybridized carbons (Fsp3) is 0.160. The van der Waals surface area contributed by atoms with E-state index in [-0.39, 0.29) is 28.3 Å². The third-order valence-corrected chi connectivity index (χ3v) is 5.42. The van der Waals surface area contributed by atoms with Crippen molar-refractivity contribution in [3.05, 3.63) is 83.7 Å². The summed E-state index contributed by atoms with van der Waals surface area (Å²) in [4.78, 5) is 31.6. The van der Waals surface area contributed by atoms with Gasteiger partial charge >= 0.3 is 6.36 Å². The van der Waals surface area contributed by atoms with Gasteiger partial charge in [-0.2, -0.15) is 0 Å². The van der Waals surface area contributed by atoms with Crippen molar-refractivity contribution in [2.45, 2.75) is 12.4 Å². The van der Waals surface area contributed by atoms with E-state index in [1.165, 1.54) is 50.7 Å². The van der Waals surface area contributed by atoms with Crippen LogP contribution >= 0.6 is 0 Å². The Balaban J connectivity index is 1.85. The molecule has 36 heavy (non-hydrogen) atoms. The highest BCUT2D eigenvalue weighted by Crippen LogP contribution is 2.42. The van der Waals surface area contributed by atoms with E-state index in [4.69, 9.17) is 9.47 Å². The van der Waals surface area contributed by atoms with Gasteiger partial charge in [-0.05, 0) is 54.6 Å². The first-order valence-corrected chi connectivity index (χ1v) is 10.4. The van der Waals surface area contributed by atoms with Gasteiger partial charge in [0.15, 0.2) is 11.5 Å². The average molecular weight is 500 g/mol. The van der Waals surface area contributed by atoms with E-state index in [9.17, 15) is 27.9 Å². The second-order valence-electron chi connectivity index (χ2n) is 7.54. The van der Waals surface area contributed by atoms with Crippen LogP contribution in [-0.4, -0.2) is 42.4 Å². The number of amides is 1. The maximum absolute atomic E-state index is 13.2. The molecule has 1 atom stereocenters. The van der Waals surface area contributed by atoms with E-state index in [0.29, 0.717) is 5.75 Å². The lowest BCUT2D eigenvalue weighted by Crippen LogP contribution is -2.29. The number of pyridine rings is 1. The van der Waals surface area contributed by atoms with Crippen LogP contribution in [0.25, 0.3) is 5.76 Å². The number of aromatic nitrogens is 1. The highest BCUT2D eigenvalue weighted by Gasteiger charge is 2.47. The Morgan fingerprint density at radius 1 is 0.972 bits per heavy atom. The van der Waals surface area contributed by atoms with Crippen molar-refractivity contribution in [2.24, 2.45) is 0 Å². The molecule has 0 aliphatic carbocycles. The van der Waals surface area contributed by atoms with Crippen LogP contribution in [0.15, 0.2) is 72.4 Å². The molecule has 8 nitrogen and oxygen atoms in total. The molecule has 1 fully saturated rings. The van der Waals surface area contributed by atoms with Gasteiger partial charge in [-0.1, -0.05) is 6.07 Å². The minimum Gasteiger partial charge on any atom is -0.507 e. The van der Waals surface area contributed by atoms with E-state index >= 15 is 0 Å². The topological polar surface area (TPSA) is 98.2 Å². The number of halogens is 3. The monoisotopic (exact) mass is 500 g/mol. The number of rotatable bonds is 6. The summed E-state index contributed by atoms with van der Waals surface area (Å²) < 4.78 is 52.0. The van der Waals surface area contributed by atoms with E-state index < -0.39 is 35.6 Å². The lowest BCUT2D eigenvalue weighted by Gasteiger charge is -2.24. The summed E-state index contributed by atoms with van der Waals surface area (Å²) in [6, 6.07) is 12.6. The minimum absolute atomic E-state index is 0.105. The Bertz CT molecular complexity index is 1320. The summed E-state index contributed by atoms with van der Waals surface area (Å²) in [5.41, 5.74) is 0.296. The molecule has 2 aromatic carbocycles. The SMILES string of the molecule is COc1ccc(/C(O)=C2/C(=O)C(=O)N(c3ccc(OC(F)(F)F)cc3)C2c2ccccn2)cc1OC. The molecule has 1 saturated heterocycles. The molecule has 0 radical (unpaired) electrons. The van der Waals surface area contributed by atoms with E-state index in [1.54, 1.807) is 18.2 Å². The number of alkyl halides is 3. The Morgan fingerprint density at radius 3 is 2.25 bits per heavy atom. The van der Waals surface area contributed by atoms with Gasteiger partial charge in [0.25, 0.3) is 11.7 Å². The largest absolute Gasteiger partial charge is 0.573 e. The molecule has 0 spiro atoms. The van der Waals surface area contributed by atoms with Crippen molar-refractivity contribution in [3.8, 4) is 17.2 Å². The summed E-state index contributed by atoms with van der Waals surface area (Å²) in [7, 11) is 2.84. The highest BCUT2D eigenvalue weighted by molar-refractivity contribution is 6.51. The molecule has 1 aromatic heterocycles. The summed E-state index contributed by atoms with van der Waals surface area (Å²) in [6.45, 7) is 0. The van der Waals surface area contributed by atoms with Crippen molar-refractivity contribution >= 4 is 23.1 Å². The van der Waals surface area contributed by atoms with Crippen LogP contribution in [0.3, 0.4) is 0 Å². The zero-order valence-electron chi connectivity index (χ0n) is 18.9. The van der Waals surface area contributed by atoms with Crippen molar-refractivity contribution in [2.75, 3.05) is 19.1 Å². The maximum Gasteiger partial charge on any atom is 0.573 e. The molecule has 3 aromatic rings. The number of ketones is 1.